The van der Waals surface area contributed by atoms with E-state index >= 15 is 0 Å². The summed E-state index contributed by atoms with van der Waals surface area (Å²) < 4.78 is 5.72. The van der Waals surface area contributed by atoms with Gasteiger partial charge in [-0.2, -0.15) is 4.98 Å². The largest absolute Gasteiger partial charge is 0.494 e. The molecule has 0 spiro atoms. The molecule has 2 heterocycles. The number of aromatic nitrogens is 2. The lowest BCUT2D eigenvalue weighted by molar-refractivity contribution is -0.384. The fraction of sp³-hybridized carbons (Fsp3) is 0.553. The van der Waals surface area contributed by atoms with Gasteiger partial charge in [0.25, 0.3) is 5.69 Å². The van der Waals surface area contributed by atoms with Crippen LogP contribution in [0.15, 0.2) is 48.7 Å². The Morgan fingerprint density at radius 3 is 2.61 bits per heavy atom. The summed E-state index contributed by atoms with van der Waals surface area (Å²) >= 11 is 6.34. The average Bonchev–Trinajstić information content (AvgIpc) is 3.15. The second-order valence-electron chi connectivity index (χ2n) is 13.3. The predicted octanol–water partition coefficient (Wildman–Crippen LogP) is 7.91. The number of nitro benzene ring substituents is 1. The van der Waals surface area contributed by atoms with E-state index in [2.05, 4.69) is 55.6 Å². The molecule has 12 nitrogen and oxygen atoms in total. The van der Waals surface area contributed by atoms with E-state index in [1.165, 1.54) is 44.0 Å². The van der Waals surface area contributed by atoms with Gasteiger partial charge in [-0.25, -0.2) is 4.98 Å². The summed E-state index contributed by atoms with van der Waals surface area (Å²) in [7, 11) is 1.63. The van der Waals surface area contributed by atoms with E-state index < -0.39 is 4.92 Å². The van der Waals surface area contributed by atoms with Gasteiger partial charge in [0.1, 0.15) is 10.8 Å². The van der Waals surface area contributed by atoms with Gasteiger partial charge in [0.2, 0.25) is 11.9 Å². The van der Waals surface area contributed by atoms with Crippen molar-refractivity contribution in [3.63, 3.8) is 0 Å². The van der Waals surface area contributed by atoms with Crippen molar-refractivity contribution in [2.24, 2.45) is 17.8 Å². The standard InChI is InChI=1S/C36H49ClN8O4.C2H6/c1-4-27-10-9-25(2)19-28(27)21-34(46)38-13-6-14-43-15-17-44(18-16-43)29-11-12-32(33(22-29)49-3)41-36-40-24-31(37)35(42-36)39-23-26-7-5-8-30(20-26)45(47)48;1-2/h5,7-8,11-12,20,22,24-25,27-28H,4,6,9-10,13-19,21,23H2,1-3H3,(H,38,46)(H2,39,40,41,42);1-2H3. The third-order valence-corrected chi connectivity index (χ3v) is 10.1. The number of amides is 1. The number of rotatable bonds is 15. The first-order valence-electron chi connectivity index (χ1n) is 18.4. The minimum Gasteiger partial charge on any atom is -0.494 e. The number of nitro groups is 1. The number of halogens is 1. The number of ether oxygens (including phenoxy) is 1. The highest BCUT2D eigenvalue weighted by molar-refractivity contribution is 6.32. The van der Waals surface area contributed by atoms with Crippen LogP contribution in [-0.4, -0.2) is 72.1 Å². The Morgan fingerprint density at radius 1 is 1.10 bits per heavy atom. The molecule has 13 heteroatoms. The lowest BCUT2D eigenvalue weighted by atomic mass is 9.72. The molecular formula is C38H55ClN8O4. The molecule has 2 aliphatic rings. The van der Waals surface area contributed by atoms with Crippen LogP contribution in [0.25, 0.3) is 0 Å². The monoisotopic (exact) mass is 722 g/mol. The molecule has 5 rings (SSSR count). The zero-order valence-electron chi connectivity index (χ0n) is 30.8. The zero-order valence-corrected chi connectivity index (χ0v) is 31.5. The number of non-ortho nitro benzene ring substituents is 1. The van der Waals surface area contributed by atoms with E-state index in [-0.39, 0.29) is 11.6 Å². The molecule has 1 saturated carbocycles. The highest BCUT2D eigenvalue weighted by Crippen LogP contribution is 2.37. The summed E-state index contributed by atoms with van der Waals surface area (Å²) in [5, 5.41) is 21.0. The number of nitrogens with zero attached hydrogens (tertiary/aromatic N) is 5. The molecule has 0 radical (unpaired) electrons. The maximum Gasteiger partial charge on any atom is 0.269 e. The molecule has 1 aliphatic carbocycles. The lowest BCUT2D eigenvalue weighted by Crippen LogP contribution is -2.47. The van der Waals surface area contributed by atoms with Gasteiger partial charge in [-0.05, 0) is 61.3 Å². The van der Waals surface area contributed by atoms with E-state index in [1.54, 1.807) is 19.2 Å². The third-order valence-electron chi connectivity index (χ3n) is 9.84. The molecule has 278 valence electrons. The first-order chi connectivity index (χ1) is 24.7. The van der Waals surface area contributed by atoms with Crippen LogP contribution in [0.2, 0.25) is 5.02 Å². The molecule has 1 aliphatic heterocycles. The second-order valence-corrected chi connectivity index (χ2v) is 13.7. The van der Waals surface area contributed by atoms with Gasteiger partial charge in [-0.15, -0.1) is 0 Å². The van der Waals surface area contributed by atoms with Crippen LogP contribution in [0, 0.1) is 27.9 Å². The van der Waals surface area contributed by atoms with Crippen molar-refractivity contribution < 1.29 is 14.5 Å². The zero-order chi connectivity index (χ0) is 36.8. The maximum absolute atomic E-state index is 12.7. The normalized spacial score (nSPS) is 19.0. The smallest absolute Gasteiger partial charge is 0.269 e. The van der Waals surface area contributed by atoms with Crippen molar-refractivity contribution in [1.29, 1.82) is 0 Å². The number of piperazine rings is 1. The maximum atomic E-state index is 12.7. The Labute approximate surface area is 307 Å². The van der Waals surface area contributed by atoms with Crippen molar-refractivity contribution in [3.8, 4) is 5.75 Å². The van der Waals surface area contributed by atoms with Crippen LogP contribution < -0.4 is 25.6 Å². The molecule has 3 unspecified atom stereocenters. The Morgan fingerprint density at radius 2 is 1.88 bits per heavy atom. The molecule has 2 fully saturated rings. The van der Waals surface area contributed by atoms with Gasteiger partial charge in [0.05, 0.1) is 23.9 Å². The van der Waals surface area contributed by atoms with E-state index in [4.69, 9.17) is 16.3 Å². The van der Waals surface area contributed by atoms with Gasteiger partial charge in [0.15, 0.2) is 5.82 Å². The topological polar surface area (TPSA) is 138 Å². The molecule has 2 aromatic carbocycles. The van der Waals surface area contributed by atoms with Gasteiger partial charge in [0, 0.05) is 69.6 Å². The Hall–Kier alpha value is -4.16. The van der Waals surface area contributed by atoms with Crippen LogP contribution in [0.4, 0.5) is 28.8 Å². The first-order valence-corrected chi connectivity index (χ1v) is 18.8. The van der Waals surface area contributed by atoms with Gasteiger partial charge in [-0.3, -0.25) is 19.8 Å². The van der Waals surface area contributed by atoms with E-state index in [0.717, 1.165) is 62.9 Å². The Kier molecular flexibility index (Phi) is 15.6. The summed E-state index contributed by atoms with van der Waals surface area (Å²) in [4.78, 5) is 37.0. The summed E-state index contributed by atoms with van der Waals surface area (Å²) in [6, 6.07) is 12.4. The number of carbonyl (C=O) groups is 1. The molecule has 1 saturated heterocycles. The third kappa shape index (κ3) is 11.7. The SMILES string of the molecule is CC.CCC1CCC(C)CC1CC(=O)NCCCN1CCN(c2ccc(Nc3ncc(Cl)c(NCc4cccc([N+](=O)[O-])c4)n3)c(OC)c2)CC1. The number of hydrogen-bond donors (Lipinski definition) is 3. The van der Waals surface area contributed by atoms with E-state index in [1.807, 2.05) is 26.0 Å². The second kappa shape index (κ2) is 20.0. The molecule has 3 atom stereocenters. The number of benzene rings is 2. The van der Waals surface area contributed by atoms with Gasteiger partial charge in [-0.1, -0.05) is 64.3 Å². The molecule has 51 heavy (non-hydrogen) atoms. The molecule has 1 aromatic heterocycles. The van der Waals surface area contributed by atoms with Gasteiger partial charge >= 0.3 is 0 Å². The minimum absolute atomic E-state index is 0.0226. The van der Waals surface area contributed by atoms with E-state index in [0.29, 0.717) is 53.0 Å². The number of hydrogen-bond acceptors (Lipinski definition) is 10. The summed E-state index contributed by atoms with van der Waals surface area (Å²) in [5.74, 6) is 3.58. The highest BCUT2D eigenvalue weighted by Gasteiger charge is 2.29. The van der Waals surface area contributed by atoms with Crippen LogP contribution in [0.5, 0.6) is 5.75 Å². The van der Waals surface area contributed by atoms with Gasteiger partial charge < -0.3 is 25.6 Å². The predicted molar refractivity (Wildman–Crippen MR) is 206 cm³/mol. The Bertz CT molecular complexity index is 1570. The Balaban J connectivity index is 0.00000286. The molecule has 1 amide bonds. The summed E-state index contributed by atoms with van der Waals surface area (Å²) in [6.07, 6.45) is 8.06. The fourth-order valence-electron chi connectivity index (χ4n) is 7.04. The number of nitrogens with one attached hydrogen (secondary N) is 3. The molecule has 3 aromatic rings. The van der Waals surface area contributed by atoms with Crippen LogP contribution >= 0.6 is 11.6 Å². The minimum atomic E-state index is -0.424. The number of anilines is 4. The molecule has 0 bridgehead atoms. The van der Waals surface area contributed by atoms with Crippen molar-refractivity contribution in [2.75, 3.05) is 61.9 Å². The first kappa shape index (κ1) is 39.6. The average molecular weight is 723 g/mol. The van der Waals surface area contributed by atoms with Crippen LogP contribution in [0.1, 0.15) is 71.8 Å². The van der Waals surface area contributed by atoms with Crippen molar-refractivity contribution in [3.05, 3.63) is 69.4 Å². The fourth-order valence-corrected chi connectivity index (χ4v) is 7.19. The van der Waals surface area contributed by atoms with Crippen LogP contribution in [0.3, 0.4) is 0 Å². The van der Waals surface area contributed by atoms with Crippen molar-refractivity contribution in [1.82, 2.24) is 20.2 Å². The molecular weight excluding hydrogens is 668 g/mol. The quantitative estimate of drug-likeness (QED) is 0.0806. The highest BCUT2D eigenvalue weighted by atomic mass is 35.5. The number of methoxy groups -OCH3 is 1. The van der Waals surface area contributed by atoms with Crippen LogP contribution in [-0.2, 0) is 11.3 Å². The lowest BCUT2D eigenvalue weighted by Gasteiger charge is -2.36. The van der Waals surface area contributed by atoms with Crippen molar-refractivity contribution >= 4 is 46.3 Å². The number of carbonyl (C=O) groups excluding carboxylic acids is 1. The summed E-state index contributed by atoms with van der Waals surface area (Å²) in [5.41, 5.74) is 2.54. The molecule has 3 N–H and O–H groups in total. The summed E-state index contributed by atoms with van der Waals surface area (Å²) in [6.45, 7) is 14.3. The van der Waals surface area contributed by atoms with E-state index in [9.17, 15) is 14.9 Å². The van der Waals surface area contributed by atoms with Crippen molar-refractivity contribution in [2.45, 2.75) is 72.8 Å².